The third kappa shape index (κ3) is 3.55. The normalized spacial score (nSPS) is 18.1. The van der Waals surface area contributed by atoms with Crippen molar-refractivity contribution >= 4 is 35.2 Å². The molecule has 1 aliphatic rings. The fourth-order valence-corrected chi connectivity index (χ4v) is 2.88. The van der Waals surface area contributed by atoms with Crippen LogP contribution in [0.4, 0.5) is 5.69 Å². The van der Waals surface area contributed by atoms with Gasteiger partial charge in [0.1, 0.15) is 5.75 Å². The SMILES string of the molecule is CCOc1ccc(N2C(=O)C[C@@H](SCC(=O)[O-])C2=O)cc1. The number of rotatable bonds is 6. The van der Waals surface area contributed by atoms with E-state index in [1.165, 1.54) is 0 Å². The van der Waals surface area contributed by atoms with Crippen molar-refractivity contribution < 1.29 is 24.2 Å². The summed E-state index contributed by atoms with van der Waals surface area (Å²) in [6, 6.07) is 6.63. The quantitative estimate of drug-likeness (QED) is 0.698. The Bertz CT molecular complexity index is 557. The number of carboxylic acid groups (broad SMARTS) is 1. The molecule has 21 heavy (non-hydrogen) atoms. The van der Waals surface area contributed by atoms with E-state index >= 15 is 0 Å². The van der Waals surface area contributed by atoms with Crippen LogP contribution in [-0.4, -0.2) is 35.4 Å². The van der Waals surface area contributed by atoms with Crippen LogP contribution in [0.25, 0.3) is 0 Å². The zero-order valence-electron chi connectivity index (χ0n) is 11.4. The molecule has 112 valence electrons. The number of hydrogen-bond donors (Lipinski definition) is 0. The van der Waals surface area contributed by atoms with Gasteiger partial charge in [-0.2, -0.15) is 0 Å². The zero-order valence-corrected chi connectivity index (χ0v) is 12.2. The number of carbonyl (C=O) groups is 3. The lowest BCUT2D eigenvalue weighted by molar-refractivity contribution is -0.301. The first-order valence-electron chi connectivity index (χ1n) is 6.44. The minimum absolute atomic E-state index is 0.00396. The van der Waals surface area contributed by atoms with Crippen molar-refractivity contribution in [2.45, 2.75) is 18.6 Å². The Balaban J connectivity index is 2.10. The number of amides is 2. The first kappa shape index (κ1) is 15.4. The number of aliphatic carboxylic acids is 1. The summed E-state index contributed by atoms with van der Waals surface area (Å²) in [5.41, 5.74) is 0.463. The Morgan fingerprint density at radius 2 is 2.05 bits per heavy atom. The number of imide groups is 1. The molecule has 0 unspecified atom stereocenters. The monoisotopic (exact) mass is 308 g/mol. The molecule has 7 heteroatoms. The molecule has 0 saturated carbocycles. The van der Waals surface area contributed by atoms with Gasteiger partial charge in [0.05, 0.1) is 23.5 Å². The van der Waals surface area contributed by atoms with Crippen LogP contribution in [0.3, 0.4) is 0 Å². The van der Waals surface area contributed by atoms with Gasteiger partial charge in [-0.05, 0) is 31.2 Å². The molecule has 1 saturated heterocycles. The van der Waals surface area contributed by atoms with Gasteiger partial charge in [-0.3, -0.25) is 9.59 Å². The molecule has 1 aromatic rings. The molecule has 2 amide bonds. The lowest BCUT2D eigenvalue weighted by atomic mass is 10.3. The minimum atomic E-state index is -1.25. The van der Waals surface area contributed by atoms with E-state index in [2.05, 4.69) is 0 Å². The highest BCUT2D eigenvalue weighted by atomic mass is 32.2. The van der Waals surface area contributed by atoms with Crippen molar-refractivity contribution in [1.82, 2.24) is 0 Å². The number of carboxylic acids is 1. The van der Waals surface area contributed by atoms with Crippen molar-refractivity contribution in [3.63, 3.8) is 0 Å². The topological polar surface area (TPSA) is 86.7 Å². The second kappa shape index (κ2) is 6.62. The molecule has 1 heterocycles. The largest absolute Gasteiger partial charge is 0.549 e. The number of nitrogens with zero attached hydrogens (tertiary/aromatic N) is 1. The van der Waals surface area contributed by atoms with E-state index in [0.29, 0.717) is 18.0 Å². The van der Waals surface area contributed by atoms with E-state index in [1.54, 1.807) is 24.3 Å². The molecule has 0 radical (unpaired) electrons. The summed E-state index contributed by atoms with van der Waals surface area (Å²) >= 11 is 0.915. The molecule has 0 N–H and O–H groups in total. The maximum atomic E-state index is 12.2. The van der Waals surface area contributed by atoms with Crippen LogP contribution in [-0.2, 0) is 14.4 Å². The van der Waals surface area contributed by atoms with Crippen LogP contribution in [0.1, 0.15) is 13.3 Å². The second-order valence-corrected chi connectivity index (χ2v) is 5.56. The Morgan fingerprint density at radius 3 is 2.62 bits per heavy atom. The highest BCUT2D eigenvalue weighted by molar-refractivity contribution is 8.01. The highest BCUT2D eigenvalue weighted by Gasteiger charge is 2.39. The zero-order chi connectivity index (χ0) is 15.4. The molecule has 6 nitrogen and oxygen atoms in total. The summed E-state index contributed by atoms with van der Waals surface area (Å²) in [6.45, 7) is 2.39. The van der Waals surface area contributed by atoms with Gasteiger partial charge in [-0.25, -0.2) is 4.90 Å². The van der Waals surface area contributed by atoms with Gasteiger partial charge in [0.15, 0.2) is 0 Å². The van der Waals surface area contributed by atoms with Crippen LogP contribution in [0, 0.1) is 0 Å². The lowest BCUT2D eigenvalue weighted by Gasteiger charge is -2.15. The predicted octanol–water partition coefficient (Wildman–Crippen LogP) is 0.200. The number of ether oxygens (including phenoxy) is 1. The van der Waals surface area contributed by atoms with Crippen molar-refractivity contribution in [3.05, 3.63) is 24.3 Å². The predicted molar refractivity (Wildman–Crippen MR) is 76.0 cm³/mol. The molecule has 0 bridgehead atoms. The summed E-state index contributed by atoms with van der Waals surface area (Å²) in [6.07, 6.45) is 0.00396. The van der Waals surface area contributed by atoms with Gasteiger partial charge < -0.3 is 14.6 Å². The van der Waals surface area contributed by atoms with E-state index in [4.69, 9.17) is 4.74 Å². The first-order valence-corrected chi connectivity index (χ1v) is 7.49. The number of carbonyl (C=O) groups excluding carboxylic acids is 3. The molecule has 1 aromatic carbocycles. The molecule has 0 aromatic heterocycles. The minimum Gasteiger partial charge on any atom is -0.549 e. The number of thioether (sulfide) groups is 1. The van der Waals surface area contributed by atoms with Gasteiger partial charge in [-0.1, -0.05) is 0 Å². The summed E-state index contributed by atoms with van der Waals surface area (Å²) < 4.78 is 5.30. The fraction of sp³-hybridized carbons (Fsp3) is 0.357. The Kier molecular flexibility index (Phi) is 4.85. The van der Waals surface area contributed by atoms with Gasteiger partial charge in [0.25, 0.3) is 0 Å². The standard InChI is InChI=1S/C14H15NO5S/c1-2-20-10-5-3-9(4-6-10)15-12(16)7-11(14(15)19)21-8-13(17)18/h3-6,11H,2,7-8H2,1H3,(H,17,18)/p-1/t11-/m1/s1. The average molecular weight is 308 g/mol. The van der Waals surface area contributed by atoms with Crippen LogP contribution in [0.15, 0.2) is 24.3 Å². The van der Waals surface area contributed by atoms with Gasteiger partial charge in [0.2, 0.25) is 11.8 Å². The van der Waals surface area contributed by atoms with Gasteiger partial charge >= 0.3 is 0 Å². The molecule has 0 spiro atoms. The molecule has 1 atom stereocenters. The van der Waals surface area contributed by atoms with Crippen molar-refractivity contribution in [1.29, 1.82) is 0 Å². The molecule has 2 rings (SSSR count). The molecule has 1 fully saturated rings. The number of hydrogen-bond acceptors (Lipinski definition) is 6. The van der Waals surface area contributed by atoms with E-state index in [1.807, 2.05) is 6.92 Å². The Hall–Kier alpha value is -2.02. The van der Waals surface area contributed by atoms with E-state index in [9.17, 15) is 19.5 Å². The van der Waals surface area contributed by atoms with Crippen molar-refractivity contribution in [2.75, 3.05) is 17.3 Å². The Labute approximate surface area is 126 Å². The third-order valence-corrected chi connectivity index (χ3v) is 4.09. The average Bonchev–Trinajstić information content (AvgIpc) is 2.73. The molecular weight excluding hydrogens is 294 g/mol. The lowest BCUT2D eigenvalue weighted by Crippen LogP contribution is -2.32. The molecule has 0 aliphatic carbocycles. The summed E-state index contributed by atoms with van der Waals surface area (Å²) in [4.78, 5) is 35.7. The molecule has 1 aliphatic heterocycles. The van der Waals surface area contributed by atoms with E-state index < -0.39 is 17.1 Å². The third-order valence-electron chi connectivity index (χ3n) is 2.91. The van der Waals surface area contributed by atoms with Crippen molar-refractivity contribution in [2.24, 2.45) is 0 Å². The summed E-state index contributed by atoms with van der Waals surface area (Å²) in [7, 11) is 0. The van der Waals surface area contributed by atoms with Crippen molar-refractivity contribution in [3.8, 4) is 5.75 Å². The molecular formula is C14H14NO5S-. The van der Waals surface area contributed by atoms with Crippen LogP contribution in [0.2, 0.25) is 0 Å². The second-order valence-electron chi connectivity index (χ2n) is 4.37. The summed E-state index contributed by atoms with van der Waals surface area (Å²) in [5.74, 6) is -1.63. The highest BCUT2D eigenvalue weighted by Crippen LogP contribution is 2.30. The van der Waals surface area contributed by atoms with Crippen LogP contribution >= 0.6 is 11.8 Å². The smallest absolute Gasteiger partial charge is 0.247 e. The maximum absolute atomic E-state index is 12.2. The number of benzene rings is 1. The first-order chi connectivity index (χ1) is 10.0. The fourth-order valence-electron chi connectivity index (χ4n) is 2.03. The number of anilines is 1. The van der Waals surface area contributed by atoms with Crippen LogP contribution < -0.4 is 14.7 Å². The van der Waals surface area contributed by atoms with Gasteiger partial charge in [-0.15, -0.1) is 11.8 Å². The summed E-state index contributed by atoms with van der Waals surface area (Å²) in [5, 5.41) is 9.77. The van der Waals surface area contributed by atoms with Crippen LogP contribution in [0.5, 0.6) is 5.75 Å². The maximum Gasteiger partial charge on any atom is 0.247 e. The van der Waals surface area contributed by atoms with E-state index in [-0.39, 0.29) is 18.1 Å². The van der Waals surface area contributed by atoms with Gasteiger partial charge in [0, 0.05) is 12.2 Å². The van der Waals surface area contributed by atoms with E-state index in [0.717, 1.165) is 16.7 Å². The Morgan fingerprint density at radius 1 is 1.38 bits per heavy atom.